The van der Waals surface area contributed by atoms with Gasteiger partial charge in [0.15, 0.2) is 0 Å². The lowest BCUT2D eigenvalue weighted by Crippen LogP contribution is -2.50. The highest BCUT2D eigenvalue weighted by atomic mass is 79.9. The van der Waals surface area contributed by atoms with Gasteiger partial charge in [0.2, 0.25) is 6.04 Å². The number of rotatable bonds is 5. The molecule has 2 aromatic carbocycles. The molecule has 0 aliphatic carbocycles. The Bertz CT molecular complexity index is 678. The van der Waals surface area contributed by atoms with Crippen molar-refractivity contribution in [3.8, 4) is 0 Å². The van der Waals surface area contributed by atoms with Gasteiger partial charge < -0.3 is 0 Å². The van der Waals surface area contributed by atoms with Crippen molar-refractivity contribution >= 4 is 21.6 Å². The minimum absolute atomic E-state index is 0.169. The summed E-state index contributed by atoms with van der Waals surface area (Å²) < 4.78 is 0.968. The lowest BCUT2D eigenvalue weighted by molar-refractivity contribution is -0.527. The smallest absolute Gasteiger partial charge is 0.239 e. The zero-order valence-electron chi connectivity index (χ0n) is 13.2. The van der Waals surface area contributed by atoms with Crippen LogP contribution in [0.4, 0.5) is 5.69 Å². The highest BCUT2D eigenvalue weighted by molar-refractivity contribution is 9.10. The summed E-state index contributed by atoms with van der Waals surface area (Å²) in [5, 5.41) is 13.5. The van der Waals surface area contributed by atoms with Gasteiger partial charge >= 0.3 is 0 Å². The number of nitro groups is 1. The first kappa shape index (κ1) is 16.9. The van der Waals surface area contributed by atoms with Gasteiger partial charge in [-0.25, -0.2) is 5.06 Å². The van der Waals surface area contributed by atoms with Gasteiger partial charge in [0.25, 0.3) is 0 Å². The molecule has 0 spiro atoms. The Morgan fingerprint density at radius 2 is 1.92 bits per heavy atom. The zero-order chi connectivity index (χ0) is 16.9. The molecule has 2 aromatic rings. The lowest BCUT2D eigenvalue weighted by Gasteiger charge is -2.37. The van der Waals surface area contributed by atoms with E-state index >= 15 is 0 Å². The first-order chi connectivity index (χ1) is 11.6. The van der Waals surface area contributed by atoms with Crippen LogP contribution in [0.25, 0.3) is 0 Å². The van der Waals surface area contributed by atoms with Gasteiger partial charge in [0, 0.05) is 15.8 Å². The minimum atomic E-state index is -0.716. The molecule has 6 heteroatoms. The van der Waals surface area contributed by atoms with E-state index in [1.165, 1.54) is 0 Å². The van der Waals surface area contributed by atoms with Crippen LogP contribution in [0.5, 0.6) is 0 Å². The van der Waals surface area contributed by atoms with Crippen molar-refractivity contribution in [3.63, 3.8) is 0 Å². The van der Waals surface area contributed by atoms with Crippen LogP contribution in [-0.2, 0) is 11.3 Å². The third kappa shape index (κ3) is 3.94. The fraction of sp³-hybridized carbons (Fsp3) is 0.333. The van der Waals surface area contributed by atoms with E-state index < -0.39 is 6.04 Å². The molecule has 1 unspecified atom stereocenters. The average molecular weight is 391 g/mol. The predicted molar refractivity (Wildman–Crippen MR) is 96.5 cm³/mol. The van der Waals surface area contributed by atoms with Gasteiger partial charge in [-0.3, -0.25) is 15.0 Å². The van der Waals surface area contributed by atoms with Crippen LogP contribution >= 0.6 is 15.9 Å². The minimum Gasteiger partial charge on any atom is -0.273 e. The normalized spacial score (nSPS) is 19.0. The second-order valence-corrected chi connectivity index (χ2v) is 6.80. The Labute approximate surface area is 149 Å². The first-order valence-electron chi connectivity index (χ1n) is 8.00. The van der Waals surface area contributed by atoms with E-state index in [2.05, 4.69) is 15.9 Å². The Balaban J connectivity index is 1.85. The number of anilines is 1. The number of hydrogen-bond donors (Lipinski definition) is 0. The standard InChI is InChI=1S/C18H19BrN2O3/c19-15-10-8-14(9-11-15)13-18(21(22)23)17-7-4-12-24-20(17)16-5-2-1-3-6-16/h1-3,5-6,8-11,17-18H,4,7,12-13H2/t17-,18?/m1/s1. The van der Waals surface area contributed by atoms with Crippen molar-refractivity contribution in [1.29, 1.82) is 0 Å². The number of benzene rings is 2. The maximum Gasteiger partial charge on any atom is 0.239 e. The van der Waals surface area contributed by atoms with Gasteiger partial charge in [-0.05, 0) is 42.7 Å². The summed E-state index contributed by atoms with van der Waals surface area (Å²) >= 11 is 3.40. The summed E-state index contributed by atoms with van der Waals surface area (Å²) in [5.41, 5.74) is 1.82. The molecule has 1 saturated heterocycles. The molecule has 3 rings (SSSR count). The molecular formula is C18H19BrN2O3. The summed E-state index contributed by atoms with van der Waals surface area (Å²) in [5.74, 6) is 0. The number of halogens is 1. The maximum atomic E-state index is 11.8. The van der Waals surface area contributed by atoms with E-state index in [4.69, 9.17) is 4.84 Å². The molecule has 1 fully saturated rings. The summed E-state index contributed by atoms with van der Waals surface area (Å²) in [6, 6.07) is 16.3. The van der Waals surface area contributed by atoms with E-state index in [9.17, 15) is 10.1 Å². The van der Waals surface area contributed by atoms with Crippen LogP contribution < -0.4 is 5.06 Å². The van der Waals surface area contributed by atoms with Gasteiger partial charge in [0.05, 0.1) is 12.3 Å². The van der Waals surface area contributed by atoms with E-state index in [-0.39, 0.29) is 11.0 Å². The Morgan fingerprint density at radius 3 is 2.58 bits per heavy atom. The molecule has 24 heavy (non-hydrogen) atoms. The predicted octanol–water partition coefficient (Wildman–Crippen LogP) is 4.24. The van der Waals surface area contributed by atoms with Crippen LogP contribution in [0.15, 0.2) is 59.1 Å². The van der Waals surface area contributed by atoms with E-state index in [1.54, 1.807) is 5.06 Å². The number of hydrogen-bond acceptors (Lipinski definition) is 4. The number of hydroxylamine groups is 1. The third-order valence-corrected chi connectivity index (χ3v) is 4.79. The molecule has 2 atom stereocenters. The number of nitrogens with zero attached hydrogens (tertiary/aromatic N) is 2. The quantitative estimate of drug-likeness (QED) is 0.565. The maximum absolute atomic E-state index is 11.8. The third-order valence-electron chi connectivity index (χ3n) is 4.26. The Morgan fingerprint density at radius 1 is 1.21 bits per heavy atom. The fourth-order valence-corrected chi connectivity index (χ4v) is 3.34. The van der Waals surface area contributed by atoms with Crippen LogP contribution in [0.3, 0.4) is 0 Å². The van der Waals surface area contributed by atoms with E-state index in [0.29, 0.717) is 13.0 Å². The topological polar surface area (TPSA) is 55.6 Å². The molecule has 1 heterocycles. The average Bonchev–Trinajstić information content (AvgIpc) is 2.62. The molecule has 1 aliphatic heterocycles. The largest absolute Gasteiger partial charge is 0.273 e. The Kier molecular flexibility index (Phi) is 5.48. The molecular weight excluding hydrogens is 372 g/mol. The fourth-order valence-electron chi connectivity index (χ4n) is 3.07. The molecule has 0 N–H and O–H groups in total. The second-order valence-electron chi connectivity index (χ2n) is 5.89. The first-order valence-corrected chi connectivity index (χ1v) is 8.79. The molecule has 0 aromatic heterocycles. The molecule has 0 bridgehead atoms. The van der Waals surface area contributed by atoms with Crippen LogP contribution in [0.1, 0.15) is 18.4 Å². The van der Waals surface area contributed by atoms with E-state index in [0.717, 1.165) is 28.6 Å². The van der Waals surface area contributed by atoms with Gasteiger partial charge in [0.1, 0.15) is 6.04 Å². The molecule has 0 radical (unpaired) electrons. The highest BCUT2D eigenvalue weighted by Crippen LogP contribution is 2.28. The van der Waals surface area contributed by atoms with Crippen molar-refractivity contribution in [1.82, 2.24) is 0 Å². The van der Waals surface area contributed by atoms with Crippen molar-refractivity contribution < 1.29 is 9.76 Å². The lowest BCUT2D eigenvalue weighted by atomic mass is 9.95. The van der Waals surface area contributed by atoms with Crippen LogP contribution in [0, 0.1) is 10.1 Å². The summed E-state index contributed by atoms with van der Waals surface area (Å²) in [6.45, 7) is 0.591. The molecule has 5 nitrogen and oxygen atoms in total. The summed E-state index contributed by atoms with van der Waals surface area (Å²) in [4.78, 5) is 17.4. The molecule has 1 aliphatic rings. The molecule has 0 saturated carbocycles. The van der Waals surface area contributed by atoms with Crippen molar-refractivity contribution in [2.75, 3.05) is 11.7 Å². The van der Waals surface area contributed by atoms with Crippen LogP contribution in [-0.4, -0.2) is 23.6 Å². The van der Waals surface area contributed by atoms with Crippen molar-refractivity contribution in [2.24, 2.45) is 0 Å². The summed E-state index contributed by atoms with van der Waals surface area (Å²) in [7, 11) is 0. The van der Waals surface area contributed by atoms with Crippen LogP contribution in [0.2, 0.25) is 0 Å². The monoisotopic (exact) mass is 390 g/mol. The van der Waals surface area contributed by atoms with Gasteiger partial charge in [-0.1, -0.05) is 46.3 Å². The number of para-hydroxylation sites is 1. The van der Waals surface area contributed by atoms with E-state index in [1.807, 2.05) is 54.6 Å². The van der Waals surface area contributed by atoms with Crippen molar-refractivity contribution in [2.45, 2.75) is 31.3 Å². The zero-order valence-corrected chi connectivity index (χ0v) is 14.8. The SMILES string of the molecule is O=[N+]([O-])C(Cc1ccc(Br)cc1)[C@H]1CCCON1c1ccccc1. The highest BCUT2D eigenvalue weighted by Gasteiger charge is 2.39. The van der Waals surface area contributed by atoms with Crippen molar-refractivity contribution in [3.05, 3.63) is 74.7 Å². The Hall–Kier alpha value is -1.92. The van der Waals surface area contributed by atoms with Gasteiger partial charge in [-0.2, -0.15) is 0 Å². The van der Waals surface area contributed by atoms with Gasteiger partial charge in [-0.15, -0.1) is 0 Å². The molecule has 126 valence electrons. The molecule has 0 amide bonds. The summed E-state index contributed by atoms with van der Waals surface area (Å²) in [6.07, 6.45) is 1.97. The second kappa shape index (κ2) is 7.77.